The van der Waals surface area contributed by atoms with Crippen LogP contribution in [0.4, 0.5) is 10.1 Å². The van der Waals surface area contributed by atoms with E-state index in [0.717, 1.165) is 31.6 Å². The molecule has 19 heavy (non-hydrogen) atoms. The number of nitrogens with two attached hydrogens (primary N) is 1. The van der Waals surface area contributed by atoms with Crippen molar-refractivity contribution in [3.8, 4) is 0 Å². The molecule has 0 saturated heterocycles. The van der Waals surface area contributed by atoms with Gasteiger partial charge >= 0.3 is 0 Å². The number of thiocarbonyl (C=S) groups is 1. The lowest BCUT2D eigenvalue weighted by molar-refractivity contribution is 0.485. The highest BCUT2D eigenvalue weighted by atomic mass is 32.1. The van der Waals surface area contributed by atoms with Crippen molar-refractivity contribution < 1.29 is 4.39 Å². The van der Waals surface area contributed by atoms with Crippen molar-refractivity contribution in [1.29, 1.82) is 0 Å². The van der Waals surface area contributed by atoms with Crippen molar-refractivity contribution in [2.45, 2.75) is 33.6 Å². The fourth-order valence-corrected chi connectivity index (χ4v) is 2.48. The first-order chi connectivity index (χ1) is 9.04. The summed E-state index contributed by atoms with van der Waals surface area (Å²) in [4.78, 5) is 2.28. The van der Waals surface area contributed by atoms with Crippen LogP contribution in [0.1, 0.15) is 39.2 Å². The number of rotatable bonds is 7. The molecule has 1 aromatic rings. The topological polar surface area (TPSA) is 29.3 Å². The first kappa shape index (κ1) is 15.9. The number of nitrogens with zero attached hydrogens (tertiary/aromatic N) is 1. The third kappa shape index (κ3) is 3.90. The zero-order chi connectivity index (χ0) is 14.4. The number of benzene rings is 1. The van der Waals surface area contributed by atoms with Crippen molar-refractivity contribution in [2.75, 3.05) is 18.0 Å². The van der Waals surface area contributed by atoms with E-state index >= 15 is 0 Å². The van der Waals surface area contributed by atoms with Gasteiger partial charge < -0.3 is 10.6 Å². The Morgan fingerprint density at radius 3 is 2.42 bits per heavy atom. The SMILES string of the molecule is CCC(CC)CN(CC)c1cccc(F)c1C(N)=S. The van der Waals surface area contributed by atoms with Gasteiger partial charge in [0.25, 0.3) is 0 Å². The van der Waals surface area contributed by atoms with Crippen LogP contribution in [0.2, 0.25) is 0 Å². The average Bonchev–Trinajstić information content (AvgIpc) is 2.39. The minimum absolute atomic E-state index is 0.121. The zero-order valence-electron chi connectivity index (χ0n) is 11.9. The summed E-state index contributed by atoms with van der Waals surface area (Å²) < 4.78 is 13.9. The van der Waals surface area contributed by atoms with Gasteiger partial charge in [-0.25, -0.2) is 4.39 Å². The molecule has 2 nitrogen and oxygen atoms in total. The van der Waals surface area contributed by atoms with Crippen LogP contribution in [0.25, 0.3) is 0 Å². The van der Waals surface area contributed by atoms with E-state index < -0.39 is 0 Å². The summed E-state index contributed by atoms with van der Waals surface area (Å²) in [6.45, 7) is 8.15. The molecule has 0 amide bonds. The lowest BCUT2D eigenvalue weighted by Crippen LogP contribution is -2.31. The van der Waals surface area contributed by atoms with Gasteiger partial charge in [-0.2, -0.15) is 0 Å². The largest absolute Gasteiger partial charge is 0.389 e. The summed E-state index contributed by atoms with van der Waals surface area (Å²) >= 11 is 4.99. The van der Waals surface area contributed by atoms with E-state index in [4.69, 9.17) is 18.0 Å². The van der Waals surface area contributed by atoms with Gasteiger partial charge in [0, 0.05) is 18.8 Å². The number of halogens is 1. The molecule has 0 heterocycles. The van der Waals surface area contributed by atoms with E-state index in [0.29, 0.717) is 11.5 Å². The van der Waals surface area contributed by atoms with Crippen LogP contribution in [-0.4, -0.2) is 18.1 Å². The molecule has 106 valence electrons. The second-order valence-electron chi connectivity index (χ2n) is 4.72. The molecule has 0 atom stereocenters. The van der Waals surface area contributed by atoms with E-state index in [-0.39, 0.29) is 10.8 Å². The Morgan fingerprint density at radius 1 is 1.32 bits per heavy atom. The molecule has 0 fully saturated rings. The number of hydrogen-bond donors (Lipinski definition) is 1. The molecular weight excluding hydrogens is 259 g/mol. The van der Waals surface area contributed by atoms with Gasteiger partial charge in [-0.3, -0.25) is 0 Å². The van der Waals surface area contributed by atoms with Gasteiger partial charge in [0.15, 0.2) is 0 Å². The number of hydrogen-bond acceptors (Lipinski definition) is 2. The smallest absolute Gasteiger partial charge is 0.135 e. The van der Waals surface area contributed by atoms with Crippen LogP contribution < -0.4 is 10.6 Å². The Kier molecular flexibility index (Phi) is 6.22. The minimum atomic E-state index is -0.340. The van der Waals surface area contributed by atoms with Crippen LogP contribution in [0, 0.1) is 11.7 Å². The monoisotopic (exact) mass is 282 g/mol. The van der Waals surface area contributed by atoms with Crippen molar-refractivity contribution in [1.82, 2.24) is 0 Å². The first-order valence-corrected chi connectivity index (χ1v) is 7.29. The van der Waals surface area contributed by atoms with E-state index in [1.54, 1.807) is 6.07 Å². The van der Waals surface area contributed by atoms with Crippen molar-refractivity contribution in [3.63, 3.8) is 0 Å². The van der Waals surface area contributed by atoms with E-state index in [1.165, 1.54) is 6.07 Å². The zero-order valence-corrected chi connectivity index (χ0v) is 12.8. The van der Waals surface area contributed by atoms with Crippen LogP contribution in [0.5, 0.6) is 0 Å². The van der Waals surface area contributed by atoms with E-state index in [2.05, 4.69) is 25.7 Å². The molecule has 1 rings (SSSR count). The molecule has 1 aromatic carbocycles. The highest BCUT2D eigenvalue weighted by molar-refractivity contribution is 7.80. The molecule has 4 heteroatoms. The third-order valence-corrected chi connectivity index (χ3v) is 3.80. The van der Waals surface area contributed by atoms with Gasteiger partial charge in [0.05, 0.1) is 5.56 Å². The fraction of sp³-hybridized carbons (Fsp3) is 0.533. The van der Waals surface area contributed by atoms with Gasteiger partial charge in [-0.05, 0) is 25.0 Å². The van der Waals surface area contributed by atoms with Gasteiger partial charge in [-0.1, -0.05) is 45.0 Å². The summed E-state index contributed by atoms with van der Waals surface area (Å²) in [6.07, 6.45) is 2.23. The molecule has 0 bridgehead atoms. The van der Waals surface area contributed by atoms with Gasteiger partial charge in [0.1, 0.15) is 10.8 Å². The van der Waals surface area contributed by atoms with Crippen molar-refractivity contribution in [2.24, 2.45) is 11.7 Å². The van der Waals surface area contributed by atoms with Gasteiger partial charge in [-0.15, -0.1) is 0 Å². The van der Waals surface area contributed by atoms with Crippen LogP contribution in [0.3, 0.4) is 0 Å². The standard InChI is InChI=1S/C15H23FN2S/c1-4-11(5-2)10-18(6-3)13-9-7-8-12(16)14(13)15(17)19/h7-9,11H,4-6,10H2,1-3H3,(H2,17,19). The maximum Gasteiger partial charge on any atom is 0.135 e. The second kappa shape index (κ2) is 7.43. The predicted octanol–water partition coefficient (Wildman–Crippen LogP) is 3.72. The number of anilines is 1. The maximum absolute atomic E-state index is 13.9. The Bertz CT molecular complexity index is 430. The Hall–Kier alpha value is -1.16. The Balaban J connectivity index is 3.11. The highest BCUT2D eigenvalue weighted by Gasteiger charge is 2.17. The Morgan fingerprint density at radius 2 is 1.95 bits per heavy atom. The summed E-state index contributed by atoms with van der Waals surface area (Å²) in [5.74, 6) is 0.260. The maximum atomic E-state index is 13.9. The molecule has 0 aliphatic heterocycles. The lowest BCUT2D eigenvalue weighted by atomic mass is 10.0. The van der Waals surface area contributed by atoms with Crippen molar-refractivity contribution in [3.05, 3.63) is 29.6 Å². The van der Waals surface area contributed by atoms with Crippen LogP contribution in [0.15, 0.2) is 18.2 Å². The molecule has 0 radical (unpaired) electrons. The quantitative estimate of drug-likeness (QED) is 0.773. The first-order valence-electron chi connectivity index (χ1n) is 6.88. The summed E-state index contributed by atoms with van der Waals surface area (Å²) in [5, 5.41) is 0. The molecule has 0 aliphatic carbocycles. The van der Waals surface area contributed by atoms with Crippen molar-refractivity contribution >= 4 is 22.9 Å². The minimum Gasteiger partial charge on any atom is -0.389 e. The Labute approximate surface area is 120 Å². The molecule has 0 unspecified atom stereocenters. The van der Waals surface area contributed by atoms with Crippen LogP contribution in [-0.2, 0) is 0 Å². The fourth-order valence-electron chi connectivity index (χ4n) is 2.28. The summed E-state index contributed by atoms with van der Waals surface area (Å²) in [5.41, 5.74) is 6.84. The summed E-state index contributed by atoms with van der Waals surface area (Å²) in [7, 11) is 0. The normalized spacial score (nSPS) is 10.8. The van der Waals surface area contributed by atoms with E-state index in [1.807, 2.05) is 6.07 Å². The predicted molar refractivity (Wildman–Crippen MR) is 84.2 cm³/mol. The molecule has 0 saturated carbocycles. The molecule has 0 aliphatic rings. The summed E-state index contributed by atoms with van der Waals surface area (Å²) in [6, 6.07) is 5.01. The lowest BCUT2D eigenvalue weighted by Gasteiger charge is -2.29. The molecule has 0 spiro atoms. The second-order valence-corrected chi connectivity index (χ2v) is 5.16. The molecule has 2 N–H and O–H groups in total. The molecular formula is C15H23FN2S. The third-order valence-electron chi connectivity index (χ3n) is 3.59. The average molecular weight is 282 g/mol. The van der Waals surface area contributed by atoms with E-state index in [9.17, 15) is 4.39 Å². The molecule has 0 aromatic heterocycles. The van der Waals surface area contributed by atoms with Gasteiger partial charge in [0.2, 0.25) is 0 Å². The highest BCUT2D eigenvalue weighted by Crippen LogP contribution is 2.25. The van der Waals surface area contributed by atoms with Crippen LogP contribution >= 0.6 is 12.2 Å².